The van der Waals surface area contributed by atoms with Crippen LogP contribution in [0.15, 0.2) is 0 Å². The minimum absolute atomic E-state index is 0.0576. The number of nitrogens with zero attached hydrogens (tertiary/aromatic N) is 1. The predicted molar refractivity (Wildman–Crippen MR) is 124 cm³/mol. The summed E-state index contributed by atoms with van der Waals surface area (Å²) in [5.41, 5.74) is 5.91. The van der Waals surface area contributed by atoms with Gasteiger partial charge in [-0.2, -0.15) is 0 Å². The Bertz CT molecular complexity index is 624. The zero-order valence-electron chi connectivity index (χ0n) is 18.6. The number of imide groups is 1. The van der Waals surface area contributed by atoms with Gasteiger partial charge < -0.3 is 21.7 Å². The third-order valence-electron chi connectivity index (χ3n) is 5.92. The summed E-state index contributed by atoms with van der Waals surface area (Å²) in [6.07, 6.45) is 8.57. The van der Waals surface area contributed by atoms with Gasteiger partial charge in [-0.1, -0.05) is 25.7 Å². The summed E-state index contributed by atoms with van der Waals surface area (Å²) in [5, 5.41) is 15.4. The highest BCUT2D eigenvalue weighted by atomic mass is 32.2. The Kier molecular flexibility index (Phi) is 11.1. The zero-order chi connectivity index (χ0) is 22.6. The number of rotatable bonds is 11. The molecule has 0 spiro atoms. The lowest BCUT2D eigenvalue weighted by molar-refractivity contribution is -0.139. The third kappa shape index (κ3) is 8.68. The van der Waals surface area contributed by atoms with Crippen molar-refractivity contribution in [1.29, 1.82) is 5.41 Å². The molecule has 2 atom stereocenters. The van der Waals surface area contributed by atoms with Crippen LogP contribution in [0.2, 0.25) is 0 Å². The van der Waals surface area contributed by atoms with E-state index in [1.54, 1.807) is 7.05 Å². The summed E-state index contributed by atoms with van der Waals surface area (Å²) in [4.78, 5) is 38.6. The van der Waals surface area contributed by atoms with Crippen LogP contribution < -0.4 is 21.7 Å². The molecule has 1 saturated heterocycles. The summed E-state index contributed by atoms with van der Waals surface area (Å²) >= 11 is 1.44. The van der Waals surface area contributed by atoms with Crippen molar-refractivity contribution < 1.29 is 14.4 Å². The normalized spacial score (nSPS) is 21.0. The van der Waals surface area contributed by atoms with E-state index in [1.165, 1.54) is 42.3 Å². The second-order valence-electron chi connectivity index (χ2n) is 8.36. The molecule has 10 heteroatoms. The molecule has 0 aromatic heterocycles. The maximum Gasteiger partial charge on any atom is 0.242 e. The van der Waals surface area contributed by atoms with Crippen LogP contribution in [0.5, 0.6) is 0 Å². The second kappa shape index (κ2) is 13.6. The Hall–Kier alpha value is -1.81. The molecule has 1 heterocycles. The molecule has 2 fully saturated rings. The van der Waals surface area contributed by atoms with Gasteiger partial charge in [0.05, 0.1) is 11.3 Å². The standard InChI is InChI=1S/C21H38N6O3S/c1-24-21(23)26-10-6-9-16(22)19(29)25-11-12-31-17-13-18(28)27(20(17)30)14-15-7-4-2-3-5-8-15/h15-17H,2-14,22H2,1H3,(H,25,29)(H3,23,24,26). The molecule has 1 aliphatic heterocycles. The molecule has 1 aliphatic carbocycles. The fraction of sp³-hybridized carbons (Fsp3) is 0.810. The van der Waals surface area contributed by atoms with Crippen molar-refractivity contribution in [3.05, 3.63) is 0 Å². The Balaban J connectivity index is 1.62. The number of likely N-dealkylation sites (tertiary alicyclic amines) is 1. The molecule has 0 bridgehead atoms. The van der Waals surface area contributed by atoms with Gasteiger partial charge in [0.2, 0.25) is 17.7 Å². The minimum Gasteiger partial charge on any atom is -0.360 e. The van der Waals surface area contributed by atoms with Crippen LogP contribution in [-0.2, 0) is 14.4 Å². The molecule has 9 nitrogen and oxygen atoms in total. The number of nitrogens with one attached hydrogen (secondary N) is 4. The Morgan fingerprint density at radius 3 is 2.58 bits per heavy atom. The topological polar surface area (TPSA) is 140 Å². The average Bonchev–Trinajstić information content (AvgIpc) is 2.94. The lowest BCUT2D eigenvalue weighted by Crippen LogP contribution is -2.42. The molecule has 3 amide bonds. The highest BCUT2D eigenvalue weighted by molar-refractivity contribution is 8.00. The van der Waals surface area contributed by atoms with Crippen molar-refractivity contribution in [2.24, 2.45) is 11.7 Å². The first-order valence-electron chi connectivity index (χ1n) is 11.4. The Morgan fingerprint density at radius 1 is 1.19 bits per heavy atom. The smallest absolute Gasteiger partial charge is 0.242 e. The maximum atomic E-state index is 12.7. The van der Waals surface area contributed by atoms with Gasteiger partial charge >= 0.3 is 0 Å². The van der Waals surface area contributed by atoms with Gasteiger partial charge in [-0.3, -0.25) is 24.7 Å². The van der Waals surface area contributed by atoms with E-state index in [4.69, 9.17) is 11.1 Å². The largest absolute Gasteiger partial charge is 0.360 e. The second-order valence-corrected chi connectivity index (χ2v) is 9.67. The van der Waals surface area contributed by atoms with Crippen LogP contribution >= 0.6 is 11.8 Å². The Morgan fingerprint density at radius 2 is 1.90 bits per heavy atom. The monoisotopic (exact) mass is 454 g/mol. The summed E-state index contributed by atoms with van der Waals surface area (Å²) in [7, 11) is 1.66. The molecule has 2 rings (SSSR count). The van der Waals surface area contributed by atoms with Gasteiger partial charge in [0, 0.05) is 38.9 Å². The van der Waals surface area contributed by atoms with Crippen LogP contribution in [0.1, 0.15) is 57.8 Å². The molecular weight excluding hydrogens is 416 g/mol. The van der Waals surface area contributed by atoms with Gasteiger partial charge in [-0.25, -0.2) is 0 Å². The van der Waals surface area contributed by atoms with Crippen molar-refractivity contribution in [2.75, 3.05) is 32.4 Å². The van der Waals surface area contributed by atoms with E-state index in [2.05, 4.69) is 16.0 Å². The minimum atomic E-state index is -0.597. The van der Waals surface area contributed by atoms with Crippen LogP contribution in [-0.4, -0.2) is 72.3 Å². The summed E-state index contributed by atoms with van der Waals surface area (Å²) in [5.74, 6) is 0.912. The molecule has 1 saturated carbocycles. The number of amides is 3. The molecule has 176 valence electrons. The predicted octanol–water partition coefficient (Wildman–Crippen LogP) is 0.785. The van der Waals surface area contributed by atoms with E-state index >= 15 is 0 Å². The number of thioether (sulfide) groups is 1. The molecular formula is C21H38N6O3S. The van der Waals surface area contributed by atoms with E-state index < -0.39 is 6.04 Å². The van der Waals surface area contributed by atoms with E-state index in [-0.39, 0.29) is 35.4 Å². The summed E-state index contributed by atoms with van der Waals surface area (Å²) < 4.78 is 0. The third-order valence-corrected chi connectivity index (χ3v) is 7.13. The van der Waals surface area contributed by atoms with Crippen LogP contribution in [0, 0.1) is 11.3 Å². The van der Waals surface area contributed by atoms with E-state index in [1.807, 2.05) is 0 Å². The van der Waals surface area contributed by atoms with Crippen molar-refractivity contribution in [3.8, 4) is 0 Å². The van der Waals surface area contributed by atoms with E-state index in [9.17, 15) is 14.4 Å². The first kappa shape index (κ1) is 25.5. The molecule has 2 aliphatic rings. The summed E-state index contributed by atoms with van der Waals surface area (Å²) in [6.45, 7) is 1.56. The number of guanidine groups is 1. The highest BCUT2D eigenvalue weighted by Crippen LogP contribution is 2.29. The number of carbonyl (C=O) groups is 3. The van der Waals surface area contributed by atoms with Crippen molar-refractivity contribution in [2.45, 2.75) is 69.1 Å². The average molecular weight is 455 g/mol. The molecule has 2 unspecified atom stereocenters. The molecule has 6 N–H and O–H groups in total. The zero-order valence-corrected chi connectivity index (χ0v) is 19.4. The first-order valence-corrected chi connectivity index (χ1v) is 12.5. The van der Waals surface area contributed by atoms with Crippen molar-refractivity contribution in [3.63, 3.8) is 0 Å². The van der Waals surface area contributed by atoms with Gasteiger partial charge in [-0.15, -0.1) is 11.8 Å². The van der Waals surface area contributed by atoms with Gasteiger partial charge in [0.25, 0.3) is 0 Å². The number of nitrogens with two attached hydrogens (primary N) is 1. The number of hydrogen-bond donors (Lipinski definition) is 5. The SMILES string of the molecule is CNC(=N)NCCCC(N)C(=O)NCCSC1CC(=O)N(CC2CCCCCC2)C1=O. The fourth-order valence-electron chi connectivity index (χ4n) is 4.04. The Labute approximate surface area is 189 Å². The van der Waals surface area contributed by atoms with Crippen LogP contribution in [0.4, 0.5) is 0 Å². The fourth-order valence-corrected chi connectivity index (χ4v) is 5.08. The lowest BCUT2D eigenvalue weighted by atomic mass is 10.00. The first-order chi connectivity index (χ1) is 14.9. The molecule has 31 heavy (non-hydrogen) atoms. The molecule has 0 aromatic carbocycles. The quantitative estimate of drug-likeness (QED) is 0.102. The van der Waals surface area contributed by atoms with Crippen molar-refractivity contribution >= 4 is 35.4 Å². The van der Waals surface area contributed by atoms with E-state index in [0.29, 0.717) is 44.1 Å². The number of hydrogen-bond acceptors (Lipinski definition) is 6. The summed E-state index contributed by atoms with van der Waals surface area (Å²) in [6, 6.07) is -0.597. The van der Waals surface area contributed by atoms with Gasteiger partial charge in [0.15, 0.2) is 5.96 Å². The van der Waals surface area contributed by atoms with Gasteiger partial charge in [0.1, 0.15) is 0 Å². The lowest BCUT2D eigenvalue weighted by Gasteiger charge is -2.21. The molecule has 0 radical (unpaired) electrons. The number of carbonyl (C=O) groups excluding carboxylic acids is 3. The maximum absolute atomic E-state index is 12.7. The van der Waals surface area contributed by atoms with Crippen LogP contribution in [0.25, 0.3) is 0 Å². The van der Waals surface area contributed by atoms with Gasteiger partial charge in [-0.05, 0) is 31.6 Å². The van der Waals surface area contributed by atoms with E-state index in [0.717, 1.165) is 12.8 Å². The highest BCUT2D eigenvalue weighted by Gasteiger charge is 2.39. The molecule has 0 aromatic rings. The van der Waals surface area contributed by atoms with Crippen molar-refractivity contribution in [1.82, 2.24) is 20.9 Å². The van der Waals surface area contributed by atoms with Crippen LogP contribution in [0.3, 0.4) is 0 Å².